The van der Waals surface area contributed by atoms with E-state index in [1.165, 1.54) is 7.11 Å². The van der Waals surface area contributed by atoms with Crippen molar-refractivity contribution in [2.24, 2.45) is 0 Å². The standard InChI is InChI=1S/C8H5BrF4O/c1-14-7-3-6(10)4(2-5(7)9)8(11,12)13/h2-3H,1H3. The van der Waals surface area contributed by atoms with Crippen molar-refractivity contribution < 1.29 is 22.3 Å². The molecule has 78 valence electrons. The molecule has 6 heteroatoms. The molecule has 0 aliphatic carbocycles. The predicted molar refractivity (Wildman–Crippen MR) is 45.7 cm³/mol. The number of benzene rings is 1. The third-order valence-electron chi connectivity index (χ3n) is 1.55. The lowest BCUT2D eigenvalue weighted by atomic mass is 10.2. The number of methoxy groups -OCH3 is 1. The summed E-state index contributed by atoms with van der Waals surface area (Å²) in [6.07, 6.45) is -4.70. The summed E-state index contributed by atoms with van der Waals surface area (Å²) < 4.78 is 54.1. The Morgan fingerprint density at radius 3 is 2.29 bits per heavy atom. The molecule has 0 aliphatic rings. The van der Waals surface area contributed by atoms with Gasteiger partial charge in [-0.15, -0.1) is 0 Å². The van der Waals surface area contributed by atoms with Crippen molar-refractivity contribution in [3.63, 3.8) is 0 Å². The summed E-state index contributed by atoms with van der Waals surface area (Å²) in [5, 5.41) is 0. The van der Waals surface area contributed by atoms with E-state index >= 15 is 0 Å². The zero-order valence-corrected chi connectivity index (χ0v) is 8.54. The monoisotopic (exact) mass is 272 g/mol. The lowest BCUT2D eigenvalue weighted by Gasteiger charge is -2.10. The molecule has 1 rings (SSSR count). The van der Waals surface area contributed by atoms with Crippen molar-refractivity contribution in [3.8, 4) is 5.75 Å². The van der Waals surface area contributed by atoms with E-state index in [0.717, 1.165) is 0 Å². The molecule has 0 saturated heterocycles. The van der Waals surface area contributed by atoms with Gasteiger partial charge in [-0.2, -0.15) is 13.2 Å². The minimum Gasteiger partial charge on any atom is -0.495 e. The second-order valence-electron chi connectivity index (χ2n) is 2.46. The van der Waals surface area contributed by atoms with Gasteiger partial charge in [0, 0.05) is 6.07 Å². The summed E-state index contributed by atoms with van der Waals surface area (Å²) >= 11 is 2.84. The van der Waals surface area contributed by atoms with Crippen molar-refractivity contribution in [2.45, 2.75) is 6.18 Å². The van der Waals surface area contributed by atoms with Crippen LogP contribution in [0.25, 0.3) is 0 Å². The Morgan fingerprint density at radius 1 is 1.29 bits per heavy atom. The topological polar surface area (TPSA) is 9.23 Å². The first-order chi connectivity index (χ1) is 6.36. The van der Waals surface area contributed by atoms with Gasteiger partial charge < -0.3 is 4.74 Å². The Balaban J connectivity index is 3.29. The molecule has 0 amide bonds. The lowest BCUT2D eigenvalue weighted by molar-refractivity contribution is -0.140. The first-order valence-corrected chi connectivity index (χ1v) is 4.25. The number of hydrogen-bond acceptors (Lipinski definition) is 1. The molecule has 0 N–H and O–H groups in total. The average molecular weight is 273 g/mol. The number of alkyl halides is 3. The second-order valence-corrected chi connectivity index (χ2v) is 3.32. The van der Waals surface area contributed by atoms with Gasteiger partial charge in [0.15, 0.2) is 0 Å². The van der Waals surface area contributed by atoms with E-state index in [9.17, 15) is 17.6 Å². The quantitative estimate of drug-likeness (QED) is 0.710. The zero-order chi connectivity index (χ0) is 10.9. The summed E-state index contributed by atoms with van der Waals surface area (Å²) in [4.78, 5) is 0. The Labute approximate surface area is 85.8 Å². The van der Waals surface area contributed by atoms with E-state index in [1.54, 1.807) is 0 Å². The van der Waals surface area contributed by atoms with Crippen LogP contribution in [0.15, 0.2) is 16.6 Å². The summed E-state index contributed by atoms with van der Waals surface area (Å²) in [6.45, 7) is 0. The van der Waals surface area contributed by atoms with E-state index in [-0.39, 0.29) is 10.2 Å². The minimum atomic E-state index is -4.70. The zero-order valence-electron chi connectivity index (χ0n) is 6.95. The fraction of sp³-hybridized carbons (Fsp3) is 0.250. The minimum absolute atomic E-state index is 0.0236. The number of rotatable bonds is 1. The summed E-state index contributed by atoms with van der Waals surface area (Å²) in [5.74, 6) is -1.33. The highest BCUT2D eigenvalue weighted by Gasteiger charge is 2.34. The molecular formula is C8H5BrF4O. The van der Waals surface area contributed by atoms with Crippen LogP contribution in [-0.2, 0) is 6.18 Å². The van der Waals surface area contributed by atoms with Crippen LogP contribution in [-0.4, -0.2) is 7.11 Å². The maximum atomic E-state index is 12.9. The first-order valence-electron chi connectivity index (χ1n) is 3.46. The molecule has 1 aromatic rings. The molecule has 0 atom stereocenters. The highest BCUT2D eigenvalue weighted by Crippen LogP contribution is 2.36. The van der Waals surface area contributed by atoms with Crippen LogP contribution in [0.5, 0.6) is 5.75 Å². The van der Waals surface area contributed by atoms with E-state index in [0.29, 0.717) is 12.1 Å². The molecule has 0 bridgehead atoms. The van der Waals surface area contributed by atoms with Crippen molar-refractivity contribution in [2.75, 3.05) is 7.11 Å². The largest absolute Gasteiger partial charge is 0.495 e. The maximum Gasteiger partial charge on any atom is 0.419 e. The molecule has 1 aromatic carbocycles. The fourth-order valence-electron chi connectivity index (χ4n) is 0.902. The normalized spacial score (nSPS) is 11.6. The van der Waals surface area contributed by atoms with Gasteiger partial charge in [0.2, 0.25) is 0 Å². The molecule has 14 heavy (non-hydrogen) atoms. The maximum absolute atomic E-state index is 12.9. The van der Waals surface area contributed by atoms with Gasteiger partial charge in [-0.1, -0.05) is 0 Å². The Hall–Kier alpha value is -0.780. The number of ether oxygens (including phenoxy) is 1. The molecule has 0 aliphatic heterocycles. The second kappa shape index (κ2) is 3.76. The van der Waals surface area contributed by atoms with Crippen LogP contribution in [0.1, 0.15) is 5.56 Å². The smallest absolute Gasteiger partial charge is 0.419 e. The molecule has 0 radical (unpaired) electrons. The van der Waals surface area contributed by atoms with Crippen molar-refractivity contribution >= 4 is 15.9 Å². The van der Waals surface area contributed by atoms with E-state index in [2.05, 4.69) is 20.7 Å². The Bertz CT molecular complexity index is 348. The molecule has 1 nitrogen and oxygen atoms in total. The van der Waals surface area contributed by atoms with Gasteiger partial charge in [0.25, 0.3) is 0 Å². The van der Waals surface area contributed by atoms with Crippen LogP contribution < -0.4 is 4.74 Å². The molecule has 0 heterocycles. The third-order valence-corrected chi connectivity index (χ3v) is 2.17. The summed E-state index contributed by atoms with van der Waals surface area (Å²) in [6, 6.07) is 1.33. The van der Waals surface area contributed by atoms with E-state index in [1.807, 2.05) is 0 Å². The Morgan fingerprint density at radius 2 is 1.86 bits per heavy atom. The van der Waals surface area contributed by atoms with E-state index < -0.39 is 17.6 Å². The van der Waals surface area contributed by atoms with Crippen LogP contribution in [0, 0.1) is 5.82 Å². The highest BCUT2D eigenvalue weighted by atomic mass is 79.9. The van der Waals surface area contributed by atoms with Crippen LogP contribution in [0.2, 0.25) is 0 Å². The predicted octanol–water partition coefficient (Wildman–Crippen LogP) is 3.62. The molecule has 0 fully saturated rings. The summed E-state index contributed by atoms with van der Waals surface area (Å²) in [7, 11) is 1.24. The Kier molecular flexibility index (Phi) is 3.04. The van der Waals surface area contributed by atoms with Gasteiger partial charge in [-0.3, -0.25) is 0 Å². The third kappa shape index (κ3) is 2.17. The average Bonchev–Trinajstić information content (AvgIpc) is 2.06. The molecule has 0 saturated carbocycles. The van der Waals surface area contributed by atoms with Gasteiger partial charge in [0.05, 0.1) is 17.1 Å². The van der Waals surface area contributed by atoms with Gasteiger partial charge in [0.1, 0.15) is 11.6 Å². The van der Waals surface area contributed by atoms with E-state index in [4.69, 9.17) is 0 Å². The molecule has 0 aromatic heterocycles. The van der Waals surface area contributed by atoms with Crippen molar-refractivity contribution in [1.29, 1.82) is 0 Å². The highest BCUT2D eigenvalue weighted by molar-refractivity contribution is 9.10. The van der Waals surface area contributed by atoms with Crippen molar-refractivity contribution in [1.82, 2.24) is 0 Å². The molecule has 0 unspecified atom stereocenters. The van der Waals surface area contributed by atoms with Crippen LogP contribution in [0.4, 0.5) is 17.6 Å². The lowest BCUT2D eigenvalue weighted by Crippen LogP contribution is -2.08. The van der Waals surface area contributed by atoms with Crippen LogP contribution in [0.3, 0.4) is 0 Å². The first kappa shape index (κ1) is 11.3. The number of hydrogen-bond donors (Lipinski definition) is 0. The van der Waals surface area contributed by atoms with Gasteiger partial charge >= 0.3 is 6.18 Å². The summed E-state index contributed by atoms with van der Waals surface area (Å²) in [5.41, 5.74) is -1.31. The van der Waals surface area contributed by atoms with Crippen molar-refractivity contribution in [3.05, 3.63) is 28.0 Å². The molecular weight excluding hydrogens is 268 g/mol. The number of halogens is 5. The van der Waals surface area contributed by atoms with Gasteiger partial charge in [-0.25, -0.2) is 4.39 Å². The van der Waals surface area contributed by atoms with Crippen LogP contribution >= 0.6 is 15.9 Å². The fourth-order valence-corrected chi connectivity index (χ4v) is 1.41. The molecule has 0 spiro atoms. The van der Waals surface area contributed by atoms with Gasteiger partial charge in [-0.05, 0) is 22.0 Å². The SMILES string of the molecule is COc1cc(F)c(C(F)(F)F)cc1Br.